The Balaban J connectivity index is 1.16. The van der Waals surface area contributed by atoms with Crippen LogP contribution >= 0.6 is 0 Å². The smallest absolute Gasteiger partial charge is 0.407 e. The van der Waals surface area contributed by atoms with E-state index in [1.54, 1.807) is 32.3 Å². The van der Waals surface area contributed by atoms with Gasteiger partial charge >= 0.3 is 6.09 Å². The van der Waals surface area contributed by atoms with Crippen LogP contribution in [0.15, 0.2) is 76.9 Å². The first-order valence-corrected chi connectivity index (χ1v) is 19.4. The quantitative estimate of drug-likeness (QED) is 0.208. The molecule has 1 amide bonds. The fraction of sp³-hybridized carbons (Fsp3) is 0.500. The number of nitrogens with zero attached hydrogens (tertiary/aromatic N) is 4. The van der Waals surface area contributed by atoms with Crippen molar-refractivity contribution in [1.82, 2.24) is 25.1 Å². The molecule has 2 aromatic carbocycles. The topological polar surface area (TPSA) is 133 Å². The summed E-state index contributed by atoms with van der Waals surface area (Å²) < 4.78 is 49.1. The summed E-state index contributed by atoms with van der Waals surface area (Å²) in [4.78, 5) is 22.0. The second kappa shape index (κ2) is 15.6. The Hall–Kier alpha value is -4.23. The minimum absolute atomic E-state index is 0.0209. The Morgan fingerprint density at radius 3 is 2.47 bits per heavy atom. The lowest BCUT2D eigenvalue weighted by atomic mass is 9.58. The van der Waals surface area contributed by atoms with Crippen molar-refractivity contribution >= 4 is 27.8 Å². The van der Waals surface area contributed by atoms with Crippen LogP contribution in [-0.2, 0) is 26.5 Å². The van der Waals surface area contributed by atoms with Gasteiger partial charge in [0.2, 0.25) is 9.84 Å². The molecular formula is C38H50FN7O4S. The highest BCUT2D eigenvalue weighted by atomic mass is 32.2. The molecule has 3 heterocycles. The van der Waals surface area contributed by atoms with Crippen molar-refractivity contribution in [2.24, 2.45) is 17.8 Å². The molecule has 3 aromatic rings. The number of alkyl carbamates (subject to hydrolysis) is 1. The van der Waals surface area contributed by atoms with E-state index in [1.807, 2.05) is 37.5 Å². The average molecular weight is 720 g/mol. The second-order valence-corrected chi connectivity index (χ2v) is 16.2. The fourth-order valence-electron chi connectivity index (χ4n) is 8.78. The lowest BCUT2D eigenvalue weighted by molar-refractivity contribution is 0.00168. The van der Waals surface area contributed by atoms with E-state index >= 15 is 4.39 Å². The van der Waals surface area contributed by atoms with Gasteiger partial charge in [-0.2, -0.15) is 0 Å². The molecule has 3 fully saturated rings. The molecule has 2 saturated heterocycles. The van der Waals surface area contributed by atoms with E-state index in [2.05, 4.69) is 36.1 Å². The van der Waals surface area contributed by atoms with Crippen LogP contribution in [-0.4, -0.2) is 88.1 Å². The zero-order valence-electron chi connectivity index (χ0n) is 29.7. The number of ether oxygens (including phenoxy) is 1. The van der Waals surface area contributed by atoms with Gasteiger partial charge in [0.25, 0.3) is 0 Å². The molecule has 1 unspecified atom stereocenters. The van der Waals surface area contributed by atoms with Crippen molar-refractivity contribution in [3.8, 4) is 0 Å². The number of rotatable bonds is 13. The summed E-state index contributed by atoms with van der Waals surface area (Å²) in [6.45, 7) is 7.26. The number of carbonyl (C=O) groups excluding carboxylic acids is 1. The lowest BCUT2D eigenvalue weighted by Gasteiger charge is -2.51. The molecule has 2 aliphatic heterocycles. The molecule has 0 bridgehead atoms. The number of sulfone groups is 1. The largest absolute Gasteiger partial charge is 0.446 e. The van der Waals surface area contributed by atoms with Crippen molar-refractivity contribution in [2.75, 3.05) is 51.7 Å². The van der Waals surface area contributed by atoms with Gasteiger partial charge in [-0.3, -0.25) is 0 Å². The number of hydrogen-bond donors (Lipinski definition) is 3. The number of aromatic nitrogens is 2. The lowest BCUT2D eigenvalue weighted by Crippen LogP contribution is -2.55. The third-order valence-corrected chi connectivity index (χ3v) is 13.1. The van der Waals surface area contributed by atoms with Gasteiger partial charge in [0.1, 0.15) is 22.7 Å². The van der Waals surface area contributed by atoms with Gasteiger partial charge in [-0.05, 0) is 100.0 Å². The number of nitrogens with one attached hydrogen (secondary N) is 3. The predicted octanol–water partition coefficient (Wildman–Crippen LogP) is 5.13. The predicted molar refractivity (Wildman–Crippen MR) is 196 cm³/mol. The summed E-state index contributed by atoms with van der Waals surface area (Å²) >= 11 is 0. The number of benzene rings is 2. The molecule has 1 aliphatic carbocycles. The summed E-state index contributed by atoms with van der Waals surface area (Å²) in [5.41, 5.74) is 1.48. The van der Waals surface area contributed by atoms with Crippen LogP contribution in [0.1, 0.15) is 43.5 Å². The summed E-state index contributed by atoms with van der Waals surface area (Å²) in [7, 11) is -0.572. The average Bonchev–Trinajstić information content (AvgIpc) is 3.75. The van der Waals surface area contributed by atoms with Crippen LogP contribution in [0.3, 0.4) is 0 Å². The number of aryl methyl sites for hydroxylation is 1. The number of amides is 1. The van der Waals surface area contributed by atoms with E-state index in [0.717, 1.165) is 88.1 Å². The Bertz CT molecular complexity index is 1820. The number of allylic oxidation sites excluding steroid dienone is 1. The number of imidazole rings is 1. The maximum Gasteiger partial charge on any atom is 0.407 e. The molecule has 3 atom stereocenters. The van der Waals surface area contributed by atoms with Gasteiger partial charge in [-0.25, -0.2) is 22.6 Å². The van der Waals surface area contributed by atoms with E-state index in [4.69, 9.17) is 10.1 Å². The monoisotopic (exact) mass is 719 g/mol. The van der Waals surface area contributed by atoms with E-state index in [9.17, 15) is 13.2 Å². The van der Waals surface area contributed by atoms with Crippen LogP contribution in [0.5, 0.6) is 0 Å². The van der Waals surface area contributed by atoms with Crippen LogP contribution in [0.2, 0.25) is 0 Å². The van der Waals surface area contributed by atoms with Gasteiger partial charge in [0, 0.05) is 88.0 Å². The molecule has 0 radical (unpaired) electrons. The van der Waals surface area contributed by atoms with Crippen molar-refractivity contribution in [1.29, 1.82) is 5.41 Å². The molecule has 11 nitrogen and oxygen atoms in total. The molecule has 3 aliphatic rings. The molecule has 274 valence electrons. The maximum absolute atomic E-state index is 15.1. The molecule has 1 saturated carbocycles. The molecule has 3 N–H and O–H groups in total. The second-order valence-electron chi connectivity index (χ2n) is 14.2. The third-order valence-electron chi connectivity index (χ3n) is 11.3. The molecule has 1 aromatic heterocycles. The zero-order chi connectivity index (χ0) is 36.2. The molecule has 0 spiro atoms. The molecule has 51 heavy (non-hydrogen) atoms. The SMILES string of the molecule is CN/C=C(\C=N)S(=O)(=O)c1ccc(N2CC(CN3CCC(C(Cn4ccnc4C)(c4cccc(F)c4)[C@@H]4CCC[C@H]4OC(=O)NC)CC3)C2)cc1. The van der Waals surface area contributed by atoms with Crippen molar-refractivity contribution in [3.05, 3.63) is 89.2 Å². The number of likely N-dealkylation sites (tertiary alicyclic amines) is 1. The van der Waals surface area contributed by atoms with Crippen LogP contribution < -0.4 is 15.5 Å². The van der Waals surface area contributed by atoms with E-state index in [-0.39, 0.29) is 33.6 Å². The van der Waals surface area contributed by atoms with Gasteiger partial charge in [-0.15, -0.1) is 0 Å². The Kier molecular flexibility index (Phi) is 11.2. The minimum atomic E-state index is -3.76. The van der Waals surface area contributed by atoms with E-state index < -0.39 is 21.3 Å². The third kappa shape index (κ3) is 7.55. The molecule has 6 rings (SSSR count). The fourth-order valence-corrected chi connectivity index (χ4v) is 9.97. The minimum Gasteiger partial charge on any atom is -0.446 e. The number of anilines is 1. The Morgan fingerprint density at radius 2 is 1.84 bits per heavy atom. The summed E-state index contributed by atoms with van der Waals surface area (Å²) in [5, 5.41) is 12.8. The number of hydrogen-bond acceptors (Lipinski definition) is 9. The number of piperidine rings is 1. The van der Waals surface area contributed by atoms with Crippen LogP contribution in [0.4, 0.5) is 14.9 Å². The van der Waals surface area contributed by atoms with Crippen LogP contribution in [0.25, 0.3) is 0 Å². The zero-order valence-corrected chi connectivity index (χ0v) is 30.5. The van der Waals surface area contributed by atoms with Gasteiger partial charge in [0.05, 0.1) is 4.90 Å². The maximum atomic E-state index is 15.1. The normalized spacial score (nSPS) is 21.9. The highest BCUT2D eigenvalue weighted by Gasteiger charge is 2.53. The van der Waals surface area contributed by atoms with E-state index in [1.165, 1.54) is 12.3 Å². The van der Waals surface area contributed by atoms with Crippen molar-refractivity contribution in [2.45, 2.75) is 62.0 Å². The summed E-state index contributed by atoms with van der Waals surface area (Å²) in [6, 6.07) is 14.0. The number of carbonyl (C=O) groups is 1. The Morgan fingerprint density at radius 1 is 1.10 bits per heavy atom. The highest BCUT2D eigenvalue weighted by Crippen LogP contribution is 2.52. The van der Waals surface area contributed by atoms with Gasteiger partial charge in [-0.1, -0.05) is 12.1 Å². The first-order chi connectivity index (χ1) is 24.6. The highest BCUT2D eigenvalue weighted by molar-refractivity contribution is 7.96. The van der Waals surface area contributed by atoms with Gasteiger partial charge < -0.3 is 35.1 Å². The van der Waals surface area contributed by atoms with Crippen molar-refractivity contribution < 1.29 is 22.3 Å². The first-order valence-electron chi connectivity index (χ1n) is 17.9. The van der Waals surface area contributed by atoms with Gasteiger partial charge in [0.15, 0.2) is 0 Å². The summed E-state index contributed by atoms with van der Waals surface area (Å²) in [5.74, 6) is 1.40. The van der Waals surface area contributed by atoms with Crippen molar-refractivity contribution in [3.63, 3.8) is 0 Å². The first kappa shape index (κ1) is 36.6. The molecule has 13 heteroatoms. The molecular weight excluding hydrogens is 670 g/mol. The summed E-state index contributed by atoms with van der Waals surface area (Å²) in [6.07, 6.45) is 9.79. The van der Waals surface area contributed by atoms with E-state index in [0.29, 0.717) is 12.5 Å². The standard InChI is InChI=1S/C38H50FN7O4S/c1-27-43-16-19-45(27)26-38(30-6-4-7-31(39)20-30,35-8-5-9-36(35)50-37(47)42-3)29-14-17-44(18-15-29)23-28-24-46(25-28)32-10-12-33(13-11-32)51(48,49)34(21-40)22-41-2/h4,6-7,10-13,16,19-22,28-29,35-36,40-41H,5,8-9,14-15,17-18,23-26H2,1-3H3,(H,42,47)/b34-22+,40-21?/t35-,36-,38?/m1/s1. The number of halogens is 1. The van der Waals surface area contributed by atoms with Crippen LogP contribution in [0, 0.1) is 35.9 Å². The Labute approximate surface area is 300 Å².